The predicted molar refractivity (Wildman–Crippen MR) is 103 cm³/mol. The zero-order chi connectivity index (χ0) is 17.3. The molecular formula is C24H33Y-. The molecule has 0 amide bonds. The molecule has 0 aromatic heterocycles. The van der Waals surface area contributed by atoms with Crippen LogP contribution in [-0.2, 0) is 38.1 Å². The first-order valence-corrected chi connectivity index (χ1v) is 9.91. The standard InChI is InChI=1S/C24H33.Y/c1-16-14-18-8-9-21-23(5,19(18)15-17(16)2)13-10-20-22(3,4)11-7-12-24(20,21)6;/h8-9,14,20-21H,7,10-13H2,1-6H3;/q-1;/t20?,21-,23-,24-;/m0./s1. The molecular weight excluding hydrogens is 377 g/mol. The molecule has 0 bridgehead atoms. The summed E-state index contributed by atoms with van der Waals surface area (Å²) in [7, 11) is 0. The fourth-order valence-corrected chi connectivity index (χ4v) is 6.87. The van der Waals surface area contributed by atoms with E-state index in [9.17, 15) is 0 Å². The molecule has 2 saturated carbocycles. The van der Waals surface area contributed by atoms with Crippen LogP contribution in [0.2, 0.25) is 0 Å². The van der Waals surface area contributed by atoms with Crippen LogP contribution in [0.25, 0.3) is 6.08 Å². The van der Waals surface area contributed by atoms with E-state index in [0.29, 0.717) is 16.7 Å². The molecule has 0 N–H and O–H groups in total. The summed E-state index contributed by atoms with van der Waals surface area (Å²) in [6.45, 7) is 14.6. The van der Waals surface area contributed by atoms with Crippen molar-refractivity contribution >= 4 is 6.08 Å². The van der Waals surface area contributed by atoms with E-state index >= 15 is 0 Å². The van der Waals surface area contributed by atoms with Crippen molar-refractivity contribution in [3.05, 3.63) is 40.5 Å². The molecule has 25 heavy (non-hydrogen) atoms. The summed E-state index contributed by atoms with van der Waals surface area (Å²) >= 11 is 0. The Kier molecular flexibility index (Phi) is 5.00. The van der Waals surface area contributed by atoms with Crippen molar-refractivity contribution in [2.75, 3.05) is 0 Å². The summed E-state index contributed by atoms with van der Waals surface area (Å²) in [6.07, 6.45) is 11.9. The van der Waals surface area contributed by atoms with E-state index in [2.05, 4.69) is 65.8 Å². The molecule has 1 aromatic rings. The summed E-state index contributed by atoms with van der Waals surface area (Å²) < 4.78 is 0. The van der Waals surface area contributed by atoms with Gasteiger partial charge in [-0.15, -0.1) is 17.2 Å². The van der Waals surface area contributed by atoms with Gasteiger partial charge in [0.1, 0.15) is 0 Å². The second-order valence-electron chi connectivity index (χ2n) is 10.1. The summed E-state index contributed by atoms with van der Waals surface area (Å²) in [5.74, 6) is 1.52. The van der Waals surface area contributed by atoms with Crippen LogP contribution in [0.1, 0.15) is 82.1 Å². The maximum absolute atomic E-state index is 3.82. The van der Waals surface area contributed by atoms with Gasteiger partial charge in [-0.3, -0.25) is 0 Å². The molecule has 3 aliphatic carbocycles. The number of fused-ring (bicyclic) bond motifs is 5. The molecule has 0 saturated heterocycles. The maximum Gasteiger partial charge on any atom is 0 e. The Morgan fingerprint density at radius 1 is 1.04 bits per heavy atom. The molecule has 0 spiro atoms. The van der Waals surface area contributed by atoms with E-state index < -0.39 is 0 Å². The van der Waals surface area contributed by atoms with Crippen molar-refractivity contribution in [3.8, 4) is 0 Å². The van der Waals surface area contributed by atoms with Gasteiger partial charge in [0, 0.05) is 32.7 Å². The first-order valence-electron chi connectivity index (χ1n) is 9.91. The number of benzene rings is 1. The summed E-state index contributed by atoms with van der Waals surface area (Å²) in [4.78, 5) is 0. The van der Waals surface area contributed by atoms with E-state index in [1.807, 2.05) is 0 Å². The molecule has 2 fully saturated rings. The molecule has 3 aliphatic rings. The molecule has 1 radical (unpaired) electrons. The van der Waals surface area contributed by atoms with Crippen molar-refractivity contribution in [2.45, 2.75) is 79.1 Å². The Morgan fingerprint density at radius 3 is 2.48 bits per heavy atom. The molecule has 0 aliphatic heterocycles. The second kappa shape index (κ2) is 6.30. The average molecular weight is 410 g/mol. The third-order valence-corrected chi connectivity index (χ3v) is 8.23. The Hall–Kier alpha value is 0.0639. The Balaban J connectivity index is 0.00000182. The van der Waals surface area contributed by atoms with Gasteiger partial charge in [-0.25, -0.2) is 0 Å². The van der Waals surface area contributed by atoms with E-state index in [1.165, 1.54) is 54.4 Å². The SMILES string of the molecule is Cc1[c-]c2c(cc1C)C=C[C@H]1[C@@]2(C)CCC2C(C)(C)CCC[C@@]21C.[Y]. The molecule has 1 heteroatoms. The van der Waals surface area contributed by atoms with Crippen LogP contribution in [0.15, 0.2) is 12.1 Å². The zero-order valence-electron chi connectivity index (χ0n) is 17.0. The average Bonchev–Trinajstić information content (AvgIpc) is 2.48. The molecule has 1 aromatic carbocycles. The molecule has 4 rings (SSSR count). The van der Waals surface area contributed by atoms with Gasteiger partial charge < -0.3 is 0 Å². The normalized spacial score (nSPS) is 38.2. The van der Waals surface area contributed by atoms with Gasteiger partial charge in [-0.2, -0.15) is 23.3 Å². The largest absolute Gasteiger partial charge is 0.176 e. The third kappa shape index (κ3) is 2.77. The topological polar surface area (TPSA) is 0 Å². The summed E-state index contributed by atoms with van der Waals surface area (Å²) in [5, 5.41) is 0. The van der Waals surface area contributed by atoms with Crippen LogP contribution in [0.4, 0.5) is 0 Å². The number of aryl methyl sites for hydroxylation is 2. The van der Waals surface area contributed by atoms with Crippen LogP contribution < -0.4 is 0 Å². The summed E-state index contributed by atoms with van der Waals surface area (Å²) in [5.41, 5.74) is 6.83. The Morgan fingerprint density at radius 2 is 1.76 bits per heavy atom. The molecule has 1 unspecified atom stereocenters. The van der Waals surface area contributed by atoms with Gasteiger partial charge >= 0.3 is 0 Å². The van der Waals surface area contributed by atoms with E-state index in [4.69, 9.17) is 0 Å². The predicted octanol–water partition coefficient (Wildman–Crippen LogP) is 6.63. The van der Waals surface area contributed by atoms with Crippen LogP contribution in [0.3, 0.4) is 0 Å². The van der Waals surface area contributed by atoms with Crippen molar-refractivity contribution in [2.24, 2.45) is 22.7 Å². The fourth-order valence-electron chi connectivity index (χ4n) is 6.87. The van der Waals surface area contributed by atoms with Gasteiger partial charge in [0.05, 0.1) is 0 Å². The van der Waals surface area contributed by atoms with Crippen molar-refractivity contribution < 1.29 is 32.7 Å². The minimum atomic E-state index is 0. The molecule has 0 heterocycles. The Labute approximate surface area is 180 Å². The van der Waals surface area contributed by atoms with Gasteiger partial charge in [-0.1, -0.05) is 54.0 Å². The van der Waals surface area contributed by atoms with Crippen LogP contribution in [-0.4, -0.2) is 0 Å². The van der Waals surface area contributed by atoms with Gasteiger partial charge in [0.2, 0.25) is 0 Å². The number of rotatable bonds is 0. The Bertz CT molecular complexity index is 713. The van der Waals surface area contributed by atoms with Crippen LogP contribution in [0, 0.1) is 42.6 Å². The minimum absolute atomic E-state index is 0. The monoisotopic (exact) mass is 410 g/mol. The number of hydrogen-bond donors (Lipinski definition) is 0. The van der Waals surface area contributed by atoms with Crippen molar-refractivity contribution in [1.82, 2.24) is 0 Å². The molecule has 0 nitrogen and oxygen atoms in total. The first kappa shape index (κ1) is 19.8. The second-order valence-corrected chi connectivity index (χ2v) is 10.1. The molecule has 133 valence electrons. The van der Waals surface area contributed by atoms with Crippen molar-refractivity contribution in [3.63, 3.8) is 0 Å². The maximum atomic E-state index is 3.82. The van der Waals surface area contributed by atoms with Crippen LogP contribution >= 0.6 is 0 Å². The van der Waals surface area contributed by atoms with Gasteiger partial charge in [0.15, 0.2) is 0 Å². The quantitative estimate of drug-likeness (QED) is 0.421. The van der Waals surface area contributed by atoms with Gasteiger partial charge in [0.25, 0.3) is 0 Å². The summed E-state index contributed by atoms with van der Waals surface area (Å²) in [6, 6.07) is 6.21. The van der Waals surface area contributed by atoms with E-state index in [1.54, 1.807) is 0 Å². The van der Waals surface area contributed by atoms with E-state index in [-0.39, 0.29) is 38.1 Å². The van der Waals surface area contributed by atoms with Gasteiger partial charge in [-0.05, 0) is 53.8 Å². The van der Waals surface area contributed by atoms with E-state index in [0.717, 1.165) is 5.92 Å². The minimum Gasteiger partial charge on any atom is -0.176 e. The van der Waals surface area contributed by atoms with Crippen molar-refractivity contribution in [1.29, 1.82) is 0 Å². The van der Waals surface area contributed by atoms with Crippen LogP contribution in [0.5, 0.6) is 0 Å². The first-order chi connectivity index (χ1) is 11.2. The number of allylic oxidation sites excluding steroid dienone is 1. The third-order valence-electron chi connectivity index (χ3n) is 8.23. The zero-order valence-corrected chi connectivity index (χ0v) is 19.8. The number of hydrogen-bond acceptors (Lipinski definition) is 0. The fraction of sp³-hybridized carbons (Fsp3) is 0.667. The molecule has 4 atom stereocenters. The smallest absolute Gasteiger partial charge is 0 e.